The van der Waals surface area contributed by atoms with Crippen molar-refractivity contribution < 1.29 is 32.6 Å². The molecule has 9 nitrogen and oxygen atoms in total. The fraction of sp³-hybridized carbons (Fsp3) is 0.571. The Hall–Kier alpha value is -2.62. The second kappa shape index (κ2) is 11.1. The Morgan fingerprint density at radius 2 is 1.90 bits per heavy atom. The van der Waals surface area contributed by atoms with Gasteiger partial charge in [0.1, 0.15) is 24.3 Å². The normalized spacial score (nSPS) is 16.4. The van der Waals surface area contributed by atoms with Crippen molar-refractivity contribution >= 4 is 27.8 Å². The van der Waals surface area contributed by atoms with Gasteiger partial charge in [0, 0.05) is 13.1 Å². The van der Waals surface area contributed by atoms with Crippen molar-refractivity contribution in [2.24, 2.45) is 5.92 Å². The molecule has 1 atom stereocenters. The summed E-state index contributed by atoms with van der Waals surface area (Å²) >= 11 is 0. The number of sulfone groups is 1. The Morgan fingerprint density at radius 3 is 2.52 bits per heavy atom. The van der Waals surface area contributed by atoms with Crippen molar-refractivity contribution in [3.63, 3.8) is 0 Å². The van der Waals surface area contributed by atoms with Crippen LogP contribution in [0, 0.1) is 5.92 Å². The van der Waals surface area contributed by atoms with Crippen LogP contribution in [-0.2, 0) is 30.8 Å². The van der Waals surface area contributed by atoms with Crippen molar-refractivity contribution in [3.05, 3.63) is 35.9 Å². The summed E-state index contributed by atoms with van der Waals surface area (Å²) in [5.74, 6) is -3.49. The summed E-state index contributed by atoms with van der Waals surface area (Å²) in [5.41, 5.74) is 0.816. The first-order valence-electron chi connectivity index (χ1n) is 10.3. The average Bonchev–Trinajstić information content (AvgIpc) is 3.18. The van der Waals surface area contributed by atoms with Crippen LogP contribution in [0.2, 0.25) is 0 Å². The summed E-state index contributed by atoms with van der Waals surface area (Å²) in [6.45, 7) is 4.46. The largest absolute Gasteiger partial charge is 0.480 e. The molecule has 31 heavy (non-hydrogen) atoms. The fourth-order valence-electron chi connectivity index (χ4n) is 3.38. The molecule has 1 aliphatic heterocycles. The Morgan fingerprint density at radius 1 is 1.23 bits per heavy atom. The molecule has 10 heteroatoms. The van der Waals surface area contributed by atoms with E-state index in [4.69, 9.17) is 9.84 Å². The lowest BCUT2D eigenvalue weighted by atomic mass is 10.1. The zero-order chi connectivity index (χ0) is 23.0. The molecular formula is C21H30N2O7S. The van der Waals surface area contributed by atoms with Crippen LogP contribution in [-0.4, -0.2) is 72.1 Å². The zero-order valence-corrected chi connectivity index (χ0v) is 18.7. The summed E-state index contributed by atoms with van der Waals surface area (Å²) < 4.78 is 29.8. The number of hydrogen-bond acceptors (Lipinski definition) is 6. The monoisotopic (exact) mass is 454 g/mol. The maximum atomic E-state index is 13.2. The number of benzene rings is 1. The third-order valence-electron chi connectivity index (χ3n) is 4.96. The summed E-state index contributed by atoms with van der Waals surface area (Å²) in [7, 11) is -4.02. The van der Waals surface area contributed by atoms with Gasteiger partial charge in [-0.2, -0.15) is 0 Å². The zero-order valence-electron chi connectivity index (χ0n) is 17.9. The third-order valence-corrected chi connectivity index (χ3v) is 6.35. The predicted octanol–water partition coefficient (Wildman–Crippen LogP) is 2.12. The van der Waals surface area contributed by atoms with Crippen LogP contribution in [0.4, 0.5) is 4.79 Å². The number of nitrogens with zero attached hydrogens (tertiary/aromatic N) is 2. The van der Waals surface area contributed by atoms with Gasteiger partial charge < -0.3 is 14.7 Å². The van der Waals surface area contributed by atoms with Gasteiger partial charge in [-0.15, -0.1) is 0 Å². The average molecular weight is 455 g/mol. The van der Waals surface area contributed by atoms with Crippen LogP contribution in [0.1, 0.15) is 38.7 Å². The molecule has 1 aromatic rings. The van der Waals surface area contributed by atoms with Crippen molar-refractivity contribution in [3.8, 4) is 0 Å². The van der Waals surface area contributed by atoms with Crippen LogP contribution >= 0.6 is 0 Å². The molecule has 2 rings (SSSR count). The van der Waals surface area contributed by atoms with E-state index in [1.54, 1.807) is 0 Å². The molecule has 1 fully saturated rings. The third kappa shape index (κ3) is 7.86. The molecule has 172 valence electrons. The fourth-order valence-corrected chi connectivity index (χ4v) is 4.58. The quantitative estimate of drug-likeness (QED) is 0.575. The van der Waals surface area contributed by atoms with E-state index in [9.17, 15) is 22.8 Å². The molecular weight excluding hydrogens is 424 g/mol. The van der Waals surface area contributed by atoms with E-state index >= 15 is 0 Å². The number of carboxylic acids is 1. The minimum Gasteiger partial charge on any atom is -0.480 e. The van der Waals surface area contributed by atoms with Crippen LogP contribution in [0.25, 0.3) is 0 Å². The molecule has 0 radical (unpaired) electrons. The van der Waals surface area contributed by atoms with E-state index in [-0.39, 0.29) is 19.1 Å². The van der Waals surface area contributed by atoms with E-state index in [1.807, 2.05) is 44.2 Å². The minimum absolute atomic E-state index is 0.0706. The SMILES string of the molecule is CC(C)CCN(CS(=O)(=O)CC(=O)O)C(=O)C1CCCN1C(=O)OCc1ccccc1. The molecule has 1 unspecified atom stereocenters. The highest BCUT2D eigenvalue weighted by Crippen LogP contribution is 2.22. The topological polar surface area (TPSA) is 121 Å². The van der Waals surface area contributed by atoms with Gasteiger partial charge in [0.2, 0.25) is 5.91 Å². The van der Waals surface area contributed by atoms with E-state index in [1.165, 1.54) is 4.90 Å². The minimum atomic E-state index is -4.02. The first kappa shape index (κ1) is 24.6. The standard InChI is InChI=1S/C21H30N2O7S/c1-16(2)10-12-22(15-31(28,29)14-19(24)25)20(26)18-9-6-11-23(18)21(27)30-13-17-7-4-3-5-8-17/h3-5,7-8,16,18H,6,9-15H2,1-2H3,(H,24,25). The first-order chi connectivity index (χ1) is 14.6. The molecule has 1 N–H and O–H groups in total. The van der Waals surface area contributed by atoms with E-state index < -0.39 is 45.5 Å². The smallest absolute Gasteiger partial charge is 0.410 e. The van der Waals surface area contributed by atoms with Gasteiger partial charge in [-0.3, -0.25) is 14.5 Å². The van der Waals surface area contributed by atoms with Gasteiger partial charge in [-0.05, 0) is 30.7 Å². The van der Waals surface area contributed by atoms with Crippen molar-refractivity contribution in [2.45, 2.75) is 45.8 Å². The number of rotatable bonds is 10. The van der Waals surface area contributed by atoms with E-state index in [0.717, 1.165) is 10.5 Å². The van der Waals surface area contributed by atoms with Gasteiger partial charge >= 0.3 is 12.1 Å². The molecule has 0 spiro atoms. The van der Waals surface area contributed by atoms with Crippen LogP contribution < -0.4 is 0 Å². The molecule has 0 bridgehead atoms. The van der Waals surface area contributed by atoms with Gasteiger partial charge in [0.25, 0.3) is 0 Å². The molecule has 0 aliphatic carbocycles. The highest BCUT2D eigenvalue weighted by atomic mass is 32.2. The number of carboxylic acid groups (broad SMARTS) is 1. The summed E-state index contributed by atoms with van der Waals surface area (Å²) in [6, 6.07) is 8.33. The van der Waals surface area contributed by atoms with Crippen molar-refractivity contribution in [2.75, 3.05) is 24.7 Å². The first-order valence-corrected chi connectivity index (χ1v) is 12.1. The second-order valence-corrected chi connectivity index (χ2v) is 10.1. The summed E-state index contributed by atoms with van der Waals surface area (Å²) in [5, 5.41) is 8.85. The summed E-state index contributed by atoms with van der Waals surface area (Å²) in [6.07, 6.45) is 0.920. The maximum Gasteiger partial charge on any atom is 0.410 e. The Kier molecular flexibility index (Phi) is 8.85. The van der Waals surface area contributed by atoms with Crippen molar-refractivity contribution in [1.29, 1.82) is 0 Å². The highest BCUT2D eigenvalue weighted by Gasteiger charge is 2.38. The lowest BCUT2D eigenvalue weighted by Crippen LogP contribution is -2.50. The van der Waals surface area contributed by atoms with E-state index in [2.05, 4.69) is 0 Å². The number of likely N-dealkylation sites (tertiary alicyclic amines) is 1. The molecule has 1 heterocycles. The van der Waals surface area contributed by atoms with E-state index in [0.29, 0.717) is 25.8 Å². The second-order valence-electron chi connectivity index (χ2n) is 8.09. The van der Waals surface area contributed by atoms with Gasteiger partial charge in [-0.25, -0.2) is 13.2 Å². The van der Waals surface area contributed by atoms with Gasteiger partial charge in [0.15, 0.2) is 9.84 Å². The van der Waals surface area contributed by atoms with Crippen LogP contribution in [0.3, 0.4) is 0 Å². The molecule has 1 aliphatic rings. The van der Waals surface area contributed by atoms with Crippen molar-refractivity contribution in [1.82, 2.24) is 9.80 Å². The summed E-state index contributed by atoms with van der Waals surface area (Å²) in [4.78, 5) is 39.1. The predicted molar refractivity (Wildman–Crippen MR) is 114 cm³/mol. The van der Waals surface area contributed by atoms with Gasteiger partial charge in [-0.1, -0.05) is 44.2 Å². The lowest BCUT2D eigenvalue weighted by molar-refractivity contribution is -0.135. The van der Waals surface area contributed by atoms with Crippen LogP contribution in [0.5, 0.6) is 0 Å². The van der Waals surface area contributed by atoms with Gasteiger partial charge in [0.05, 0.1) is 0 Å². The highest BCUT2D eigenvalue weighted by molar-refractivity contribution is 7.92. The molecule has 1 aromatic carbocycles. The number of aliphatic carboxylic acids is 1. The number of ether oxygens (including phenoxy) is 1. The van der Waals surface area contributed by atoms with Crippen LogP contribution in [0.15, 0.2) is 30.3 Å². The molecule has 0 saturated carbocycles. The molecule has 1 saturated heterocycles. The number of carbonyl (C=O) groups is 3. The number of amides is 2. The Bertz CT molecular complexity index is 871. The Labute approximate surface area is 182 Å². The Balaban J connectivity index is 2.09. The number of hydrogen-bond donors (Lipinski definition) is 1. The molecule has 0 aromatic heterocycles. The molecule has 2 amide bonds. The lowest BCUT2D eigenvalue weighted by Gasteiger charge is -2.30. The maximum absolute atomic E-state index is 13.2. The number of carbonyl (C=O) groups excluding carboxylic acids is 2.